The van der Waals surface area contributed by atoms with Gasteiger partial charge in [-0.25, -0.2) is 4.39 Å². The van der Waals surface area contributed by atoms with E-state index in [1.807, 2.05) is 0 Å². The number of hydrogen-bond acceptors (Lipinski definition) is 3. The van der Waals surface area contributed by atoms with Gasteiger partial charge in [0.1, 0.15) is 5.82 Å². The predicted octanol–water partition coefficient (Wildman–Crippen LogP) is 2.00. The van der Waals surface area contributed by atoms with Crippen LogP contribution in [0.15, 0.2) is 22.7 Å². The largest absolute Gasteiger partial charge is 0.388 e. The average molecular weight is 304 g/mol. The van der Waals surface area contributed by atoms with Crippen LogP contribution in [-0.2, 0) is 4.74 Å². The van der Waals surface area contributed by atoms with Crippen molar-refractivity contribution in [2.45, 2.75) is 18.6 Å². The van der Waals surface area contributed by atoms with Gasteiger partial charge < -0.3 is 15.2 Å². The fourth-order valence-electron chi connectivity index (χ4n) is 1.90. The molecule has 1 aromatic carbocycles. The molecular formula is C12H15BrFNO2. The second-order valence-electron chi connectivity index (χ2n) is 4.15. The molecule has 2 unspecified atom stereocenters. The molecule has 0 spiro atoms. The molecule has 0 aromatic heterocycles. The van der Waals surface area contributed by atoms with E-state index in [9.17, 15) is 9.50 Å². The summed E-state index contributed by atoms with van der Waals surface area (Å²) in [6.45, 7) is 2.14. The number of morpholine rings is 1. The summed E-state index contributed by atoms with van der Waals surface area (Å²) < 4.78 is 18.8. The van der Waals surface area contributed by atoms with Crippen LogP contribution >= 0.6 is 15.9 Å². The minimum Gasteiger partial charge on any atom is -0.388 e. The molecule has 0 radical (unpaired) electrons. The lowest BCUT2D eigenvalue weighted by atomic mass is 10.0. The van der Waals surface area contributed by atoms with Crippen LogP contribution in [0.2, 0.25) is 0 Å². The van der Waals surface area contributed by atoms with Crippen LogP contribution < -0.4 is 5.32 Å². The Kier molecular flexibility index (Phi) is 4.50. The number of aliphatic hydroxyl groups is 1. The monoisotopic (exact) mass is 303 g/mol. The van der Waals surface area contributed by atoms with Crippen LogP contribution in [0.4, 0.5) is 4.39 Å². The molecule has 1 fully saturated rings. The molecule has 0 aliphatic carbocycles. The minimum atomic E-state index is -0.605. The quantitative estimate of drug-likeness (QED) is 0.897. The molecule has 1 aliphatic heterocycles. The number of nitrogens with one attached hydrogen (secondary N) is 1. The zero-order valence-corrected chi connectivity index (χ0v) is 10.9. The van der Waals surface area contributed by atoms with Crippen molar-refractivity contribution in [2.75, 3.05) is 19.8 Å². The molecule has 0 bridgehead atoms. The lowest BCUT2D eigenvalue weighted by Crippen LogP contribution is -2.42. The summed E-state index contributed by atoms with van der Waals surface area (Å²) in [6, 6.07) is 4.73. The van der Waals surface area contributed by atoms with Crippen LogP contribution in [0.1, 0.15) is 18.1 Å². The van der Waals surface area contributed by atoms with Gasteiger partial charge in [0.15, 0.2) is 0 Å². The summed E-state index contributed by atoms with van der Waals surface area (Å²) in [5.74, 6) is -0.319. The Labute approximate surface area is 108 Å². The fourth-order valence-corrected chi connectivity index (χ4v) is 2.29. The summed E-state index contributed by atoms with van der Waals surface area (Å²) in [6.07, 6.45) is -0.0379. The molecule has 2 atom stereocenters. The third-order valence-corrected chi connectivity index (χ3v) is 3.44. The standard InChI is InChI=1S/C12H15BrFNO2/c13-10-5-8(1-2-11(10)14)12(16)6-9-7-17-4-3-15-9/h1-2,5,9,12,15-16H,3-4,6-7H2. The van der Waals surface area contributed by atoms with Gasteiger partial charge in [-0.3, -0.25) is 0 Å². The highest BCUT2D eigenvalue weighted by molar-refractivity contribution is 9.10. The van der Waals surface area contributed by atoms with E-state index in [-0.39, 0.29) is 11.9 Å². The normalized spacial score (nSPS) is 22.4. The molecular weight excluding hydrogens is 289 g/mol. The van der Waals surface area contributed by atoms with Crippen molar-refractivity contribution >= 4 is 15.9 Å². The van der Waals surface area contributed by atoms with Crippen LogP contribution in [0.5, 0.6) is 0 Å². The molecule has 1 aliphatic rings. The number of hydrogen-bond donors (Lipinski definition) is 2. The van der Waals surface area contributed by atoms with Crippen molar-refractivity contribution in [3.63, 3.8) is 0 Å². The average Bonchev–Trinajstić information content (AvgIpc) is 2.34. The zero-order valence-electron chi connectivity index (χ0n) is 9.33. The van der Waals surface area contributed by atoms with Crippen LogP contribution in [0, 0.1) is 5.82 Å². The Hall–Kier alpha value is -0.490. The summed E-state index contributed by atoms with van der Waals surface area (Å²) in [5.41, 5.74) is 0.714. The highest BCUT2D eigenvalue weighted by Crippen LogP contribution is 2.24. The van der Waals surface area contributed by atoms with Crippen molar-refractivity contribution < 1.29 is 14.2 Å². The van der Waals surface area contributed by atoms with E-state index in [0.717, 1.165) is 6.54 Å². The molecule has 17 heavy (non-hydrogen) atoms. The first-order valence-electron chi connectivity index (χ1n) is 5.61. The van der Waals surface area contributed by atoms with Gasteiger partial charge in [-0.2, -0.15) is 0 Å². The molecule has 2 N–H and O–H groups in total. The van der Waals surface area contributed by atoms with E-state index in [1.54, 1.807) is 12.1 Å². The fraction of sp³-hybridized carbons (Fsp3) is 0.500. The highest BCUT2D eigenvalue weighted by Gasteiger charge is 2.19. The Morgan fingerprint density at radius 3 is 3.06 bits per heavy atom. The third-order valence-electron chi connectivity index (χ3n) is 2.83. The van der Waals surface area contributed by atoms with E-state index < -0.39 is 6.10 Å². The first-order valence-corrected chi connectivity index (χ1v) is 6.40. The molecule has 0 amide bonds. The van der Waals surface area contributed by atoms with Gasteiger partial charge in [-0.1, -0.05) is 6.07 Å². The number of benzene rings is 1. The first kappa shape index (κ1) is 13.0. The second kappa shape index (κ2) is 5.91. The Bertz CT molecular complexity index is 383. The minimum absolute atomic E-state index is 0.155. The van der Waals surface area contributed by atoms with E-state index >= 15 is 0 Å². The smallest absolute Gasteiger partial charge is 0.137 e. The van der Waals surface area contributed by atoms with Crippen LogP contribution in [0.3, 0.4) is 0 Å². The SMILES string of the molecule is OC(CC1COCCN1)c1ccc(F)c(Br)c1. The Balaban J connectivity index is 1.98. The summed E-state index contributed by atoms with van der Waals surface area (Å²) in [4.78, 5) is 0. The summed E-state index contributed by atoms with van der Waals surface area (Å²) in [7, 11) is 0. The zero-order chi connectivity index (χ0) is 12.3. The summed E-state index contributed by atoms with van der Waals surface area (Å²) >= 11 is 3.11. The number of ether oxygens (including phenoxy) is 1. The van der Waals surface area contributed by atoms with Gasteiger partial charge in [-0.15, -0.1) is 0 Å². The number of halogens is 2. The maximum absolute atomic E-state index is 13.1. The predicted molar refractivity (Wildman–Crippen MR) is 66.3 cm³/mol. The van der Waals surface area contributed by atoms with Crippen molar-refractivity contribution in [1.29, 1.82) is 0 Å². The molecule has 3 nitrogen and oxygen atoms in total. The Morgan fingerprint density at radius 1 is 1.59 bits per heavy atom. The molecule has 2 rings (SSSR count). The molecule has 1 saturated heterocycles. The van der Waals surface area contributed by atoms with Gasteiger partial charge in [0, 0.05) is 12.6 Å². The van der Waals surface area contributed by atoms with Gasteiger partial charge >= 0.3 is 0 Å². The van der Waals surface area contributed by atoms with Crippen molar-refractivity contribution in [3.8, 4) is 0 Å². The van der Waals surface area contributed by atoms with E-state index in [2.05, 4.69) is 21.2 Å². The molecule has 0 saturated carbocycles. The van der Waals surface area contributed by atoms with E-state index in [0.29, 0.717) is 29.7 Å². The molecule has 1 heterocycles. The van der Waals surface area contributed by atoms with Gasteiger partial charge in [-0.05, 0) is 40.0 Å². The maximum atomic E-state index is 13.1. The van der Waals surface area contributed by atoms with Crippen molar-refractivity contribution in [3.05, 3.63) is 34.1 Å². The topological polar surface area (TPSA) is 41.5 Å². The van der Waals surface area contributed by atoms with Crippen molar-refractivity contribution in [1.82, 2.24) is 5.32 Å². The maximum Gasteiger partial charge on any atom is 0.137 e. The second-order valence-corrected chi connectivity index (χ2v) is 5.01. The van der Waals surface area contributed by atoms with E-state index in [1.165, 1.54) is 6.07 Å². The molecule has 94 valence electrons. The third kappa shape index (κ3) is 3.48. The summed E-state index contributed by atoms with van der Waals surface area (Å²) in [5, 5.41) is 13.3. The lowest BCUT2D eigenvalue weighted by molar-refractivity contribution is 0.0519. The van der Waals surface area contributed by atoms with Crippen molar-refractivity contribution in [2.24, 2.45) is 0 Å². The number of aliphatic hydroxyl groups excluding tert-OH is 1. The van der Waals surface area contributed by atoms with Gasteiger partial charge in [0.05, 0.1) is 23.8 Å². The van der Waals surface area contributed by atoms with E-state index in [4.69, 9.17) is 4.74 Å². The first-order chi connectivity index (χ1) is 8.16. The van der Waals surface area contributed by atoms with Gasteiger partial charge in [0.2, 0.25) is 0 Å². The molecule has 5 heteroatoms. The van der Waals surface area contributed by atoms with Gasteiger partial charge in [0.25, 0.3) is 0 Å². The Morgan fingerprint density at radius 2 is 2.41 bits per heavy atom. The molecule has 1 aromatic rings. The highest BCUT2D eigenvalue weighted by atomic mass is 79.9. The lowest BCUT2D eigenvalue weighted by Gasteiger charge is -2.26. The van der Waals surface area contributed by atoms with Crippen LogP contribution in [-0.4, -0.2) is 30.9 Å². The number of rotatable bonds is 3. The van der Waals surface area contributed by atoms with Crippen LogP contribution in [0.25, 0.3) is 0 Å².